The minimum Gasteiger partial charge on any atom is -0.380 e. The SMILES string of the molecule is CCCOCCN1C(=O)C(C)(C2CC2)NC(=O)CC1C. The molecule has 1 aliphatic heterocycles. The van der Waals surface area contributed by atoms with Gasteiger partial charge in [0.05, 0.1) is 6.61 Å². The van der Waals surface area contributed by atoms with Crippen LogP contribution < -0.4 is 5.32 Å². The summed E-state index contributed by atoms with van der Waals surface area (Å²) in [5.41, 5.74) is -0.716. The summed E-state index contributed by atoms with van der Waals surface area (Å²) in [7, 11) is 0. The van der Waals surface area contributed by atoms with Gasteiger partial charge in [-0.3, -0.25) is 9.59 Å². The highest BCUT2D eigenvalue weighted by Crippen LogP contribution is 2.41. The first-order chi connectivity index (χ1) is 9.49. The van der Waals surface area contributed by atoms with E-state index >= 15 is 0 Å². The fraction of sp³-hybridized carbons (Fsp3) is 0.867. The van der Waals surface area contributed by atoms with E-state index < -0.39 is 5.54 Å². The number of nitrogens with one attached hydrogen (secondary N) is 1. The molecule has 2 aliphatic rings. The molecule has 1 aliphatic carbocycles. The Morgan fingerprint density at radius 2 is 2.05 bits per heavy atom. The first-order valence-corrected chi connectivity index (χ1v) is 7.69. The van der Waals surface area contributed by atoms with Crippen LogP contribution in [0.4, 0.5) is 0 Å². The van der Waals surface area contributed by atoms with Crippen LogP contribution in [0.3, 0.4) is 0 Å². The zero-order valence-electron chi connectivity index (χ0n) is 12.8. The second-order valence-electron chi connectivity index (χ2n) is 6.19. The molecule has 2 rings (SSSR count). The van der Waals surface area contributed by atoms with Crippen LogP contribution in [0.2, 0.25) is 0 Å². The lowest BCUT2D eigenvalue weighted by Crippen LogP contribution is -2.57. The normalized spacial score (nSPS) is 31.1. The Balaban J connectivity index is 2.07. The number of carbonyl (C=O) groups is 2. The fourth-order valence-electron chi connectivity index (χ4n) is 2.94. The predicted molar refractivity (Wildman–Crippen MR) is 76.2 cm³/mol. The number of carbonyl (C=O) groups excluding carboxylic acids is 2. The molecule has 1 saturated heterocycles. The molecule has 114 valence electrons. The van der Waals surface area contributed by atoms with E-state index in [1.54, 1.807) is 0 Å². The minimum atomic E-state index is -0.716. The van der Waals surface area contributed by atoms with Crippen molar-refractivity contribution in [3.05, 3.63) is 0 Å². The molecule has 0 bridgehead atoms. The van der Waals surface area contributed by atoms with E-state index in [4.69, 9.17) is 4.74 Å². The Labute approximate surface area is 121 Å². The van der Waals surface area contributed by atoms with Gasteiger partial charge in [0.2, 0.25) is 11.8 Å². The quantitative estimate of drug-likeness (QED) is 0.748. The number of rotatable bonds is 6. The number of hydrogen-bond donors (Lipinski definition) is 1. The number of hydrogen-bond acceptors (Lipinski definition) is 3. The summed E-state index contributed by atoms with van der Waals surface area (Å²) in [5.74, 6) is 0.332. The standard InChI is InChI=1S/C15H26N2O3/c1-4-8-20-9-7-17-11(2)10-13(18)16-15(3,14(17)19)12-5-6-12/h11-12H,4-10H2,1-3H3,(H,16,18). The van der Waals surface area contributed by atoms with Crippen LogP contribution in [-0.4, -0.2) is 48.1 Å². The molecule has 2 unspecified atom stereocenters. The van der Waals surface area contributed by atoms with Gasteiger partial charge in [0.1, 0.15) is 5.54 Å². The maximum Gasteiger partial charge on any atom is 0.248 e. The van der Waals surface area contributed by atoms with E-state index in [1.807, 2.05) is 18.7 Å². The van der Waals surface area contributed by atoms with E-state index in [0.29, 0.717) is 32.1 Å². The second-order valence-corrected chi connectivity index (χ2v) is 6.19. The average Bonchev–Trinajstić information content (AvgIpc) is 3.21. The molecule has 2 atom stereocenters. The van der Waals surface area contributed by atoms with Gasteiger partial charge in [0.15, 0.2) is 0 Å². The molecule has 5 nitrogen and oxygen atoms in total. The molecule has 0 aromatic carbocycles. The molecule has 0 radical (unpaired) electrons. The van der Waals surface area contributed by atoms with Crippen LogP contribution in [0.25, 0.3) is 0 Å². The maximum atomic E-state index is 12.8. The number of nitrogens with zero attached hydrogens (tertiary/aromatic N) is 1. The third kappa shape index (κ3) is 3.14. The van der Waals surface area contributed by atoms with Crippen LogP contribution in [0, 0.1) is 5.92 Å². The van der Waals surface area contributed by atoms with Crippen molar-refractivity contribution in [2.24, 2.45) is 5.92 Å². The first-order valence-electron chi connectivity index (χ1n) is 7.69. The lowest BCUT2D eigenvalue weighted by Gasteiger charge is -2.34. The molecule has 5 heteroatoms. The molecule has 1 N–H and O–H groups in total. The maximum absolute atomic E-state index is 12.8. The summed E-state index contributed by atoms with van der Waals surface area (Å²) in [6, 6.07) is -0.0618. The Kier molecular flexibility index (Phi) is 4.68. The summed E-state index contributed by atoms with van der Waals surface area (Å²) in [5, 5.41) is 2.96. The van der Waals surface area contributed by atoms with Crippen molar-refractivity contribution in [1.82, 2.24) is 10.2 Å². The minimum absolute atomic E-state index is 0.0165. The van der Waals surface area contributed by atoms with E-state index in [1.165, 1.54) is 0 Å². The van der Waals surface area contributed by atoms with Gasteiger partial charge >= 0.3 is 0 Å². The van der Waals surface area contributed by atoms with E-state index in [9.17, 15) is 9.59 Å². The molecule has 0 spiro atoms. The van der Waals surface area contributed by atoms with Crippen LogP contribution in [0.5, 0.6) is 0 Å². The van der Waals surface area contributed by atoms with E-state index in [0.717, 1.165) is 19.3 Å². The number of ether oxygens (including phenoxy) is 1. The topological polar surface area (TPSA) is 58.6 Å². The van der Waals surface area contributed by atoms with Crippen molar-refractivity contribution in [2.75, 3.05) is 19.8 Å². The Bertz CT molecular complexity index is 381. The van der Waals surface area contributed by atoms with Gasteiger partial charge < -0.3 is 15.0 Å². The lowest BCUT2D eigenvalue weighted by atomic mass is 9.94. The van der Waals surface area contributed by atoms with Gasteiger partial charge in [-0.1, -0.05) is 6.92 Å². The van der Waals surface area contributed by atoms with Gasteiger partial charge in [-0.05, 0) is 39.0 Å². The Morgan fingerprint density at radius 1 is 1.35 bits per heavy atom. The monoisotopic (exact) mass is 282 g/mol. The molecule has 0 aromatic heterocycles. The average molecular weight is 282 g/mol. The smallest absolute Gasteiger partial charge is 0.248 e. The van der Waals surface area contributed by atoms with Crippen molar-refractivity contribution in [3.8, 4) is 0 Å². The van der Waals surface area contributed by atoms with Crippen molar-refractivity contribution in [3.63, 3.8) is 0 Å². The van der Waals surface area contributed by atoms with Crippen LogP contribution in [0.15, 0.2) is 0 Å². The van der Waals surface area contributed by atoms with E-state index in [2.05, 4.69) is 12.2 Å². The van der Waals surface area contributed by atoms with E-state index in [-0.39, 0.29) is 17.9 Å². The van der Waals surface area contributed by atoms with Gasteiger partial charge in [-0.15, -0.1) is 0 Å². The Morgan fingerprint density at radius 3 is 2.65 bits per heavy atom. The summed E-state index contributed by atoms with van der Waals surface area (Å²) >= 11 is 0. The summed E-state index contributed by atoms with van der Waals surface area (Å²) in [6.07, 6.45) is 3.40. The first kappa shape index (κ1) is 15.3. The van der Waals surface area contributed by atoms with Gasteiger partial charge in [0.25, 0.3) is 0 Å². The zero-order chi connectivity index (χ0) is 14.8. The number of amides is 2. The van der Waals surface area contributed by atoms with Crippen molar-refractivity contribution < 1.29 is 14.3 Å². The van der Waals surface area contributed by atoms with Crippen LogP contribution >= 0.6 is 0 Å². The molecule has 2 amide bonds. The largest absolute Gasteiger partial charge is 0.380 e. The van der Waals surface area contributed by atoms with Crippen molar-refractivity contribution in [1.29, 1.82) is 0 Å². The predicted octanol–water partition coefficient (Wildman–Crippen LogP) is 1.32. The summed E-state index contributed by atoms with van der Waals surface area (Å²) < 4.78 is 5.49. The second kappa shape index (κ2) is 6.12. The van der Waals surface area contributed by atoms with Crippen LogP contribution in [-0.2, 0) is 14.3 Å². The molecule has 1 saturated carbocycles. The summed E-state index contributed by atoms with van der Waals surface area (Å²) in [4.78, 5) is 26.6. The molecule has 1 heterocycles. The highest BCUT2D eigenvalue weighted by Gasteiger charge is 2.52. The molecule has 2 fully saturated rings. The highest BCUT2D eigenvalue weighted by atomic mass is 16.5. The summed E-state index contributed by atoms with van der Waals surface area (Å²) in [6.45, 7) is 7.70. The third-order valence-corrected chi connectivity index (χ3v) is 4.34. The fourth-order valence-corrected chi connectivity index (χ4v) is 2.94. The zero-order valence-corrected chi connectivity index (χ0v) is 12.8. The van der Waals surface area contributed by atoms with Crippen molar-refractivity contribution >= 4 is 11.8 Å². The molecular formula is C15H26N2O3. The van der Waals surface area contributed by atoms with Gasteiger partial charge in [-0.25, -0.2) is 0 Å². The van der Waals surface area contributed by atoms with Crippen LogP contribution in [0.1, 0.15) is 46.5 Å². The molecule has 20 heavy (non-hydrogen) atoms. The van der Waals surface area contributed by atoms with Gasteiger partial charge in [0, 0.05) is 25.6 Å². The van der Waals surface area contributed by atoms with Crippen molar-refractivity contribution in [2.45, 2.75) is 58.0 Å². The lowest BCUT2D eigenvalue weighted by molar-refractivity contribution is -0.141. The Hall–Kier alpha value is -1.10. The molecule has 0 aromatic rings. The molecular weight excluding hydrogens is 256 g/mol. The van der Waals surface area contributed by atoms with Gasteiger partial charge in [-0.2, -0.15) is 0 Å². The highest BCUT2D eigenvalue weighted by molar-refractivity contribution is 5.94. The third-order valence-electron chi connectivity index (χ3n) is 4.34.